The van der Waals surface area contributed by atoms with Gasteiger partial charge in [0.1, 0.15) is 0 Å². The topological polar surface area (TPSA) is 58.1 Å². The molecule has 1 atom stereocenters. The maximum atomic E-state index is 12.3. The summed E-state index contributed by atoms with van der Waals surface area (Å²) in [5, 5.41) is 12.8. The Morgan fingerprint density at radius 2 is 2.33 bits per heavy atom. The van der Waals surface area contributed by atoms with Gasteiger partial charge in [0, 0.05) is 23.3 Å². The summed E-state index contributed by atoms with van der Waals surface area (Å²) in [5.74, 6) is 0.600. The molecule has 1 aromatic carbocycles. The Kier molecular flexibility index (Phi) is 5.97. The van der Waals surface area contributed by atoms with E-state index in [1.54, 1.807) is 0 Å². The molecule has 1 saturated heterocycles. The van der Waals surface area contributed by atoms with Crippen molar-refractivity contribution in [2.75, 3.05) is 17.6 Å². The predicted octanol–water partition coefficient (Wildman–Crippen LogP) is 4.43. The quantitative estimate of drug-likeness (QED) is 0.775. The zero-order chi connectivity index (χ0) is 16.9. The zero-order valence-corrected chi connectivity index (χ0v) is 15.8. The highest BCUT2D eigenvalue weighted by Crippen LogP contribution is 2.29. The van der Waals surface area contributed by atoms with Crippen LogP contribution in [0.25, 0.3) is 0 Å². The molecule has 128 valence electrons. The van der Waals surface area contributed by atoms with Gasteiger partial charge in [0.15, 0.2) is 4.34 Å². The Labute approximate surface area is 154 Å². The van der Waals surface area contributed by atoms with E-state index in [-0.39, 0.29) is 5.91 Å². The molecule has 1 aliphatic rings. The summed E-state index contributed by atoms with van der Waals surface area (Å²) in [6, 6.07) is 7.79. The molecule has 1 aliphatic heterocycles. The van der Waals surface area contributed by atoms with E-state index in [1.807, 2.05) is 29.2 Å². The lowest BCUT2D eigenvalue weighted by atomic mass is 10.0. The van der Waals surface area contributed by atoms with E-state index in [0.29, 0.717) is 21.9 Å². The lowest BCUT2D eigenvalue weighted by Crippen LogP contribution is -2.42. The van der Waals surface area contributed by atoms with Gasteiger partial charge in [-0.05, 0) is 44.4 Å². The van der Waals surface area contributed by atoms with Crippen molar-refractivity contribution in [1.82, 2.24) is 15.1 Å². The van der Waals surface area contributed by atoms with Crippen molar-refractivity contribution < 1.29 is 4.79 Å². The highest BCUT2D eigenvalue weighted by atomic mass is 35.5. The number of piperidine rings is 1. The Morgan fingerprint density at radius 3 is 3.12 bits per heavy atom. The summed E-state index contributed by atoms with van der Waals surface area (Å²) in [6.07, 6.45) is 3.42. The molecule has 0 saturated carbocycles. The second-order valence-electron chi connectivity index (χ2n) is 5.73. The molecule has 1 amide bonds. The number of carbonyl (C=O) groups excluding carboxylic acids is 1. The SMILES string of the molecule is C[C@H]1CCCCN1C(=O)CSc1nnc(Nc2cccc(Cl)c2)s1. The van der Waals surface area contributed by atoms with Crippen molar-refractivity contribution in [3.63, 3.8) is 0 Å². The van der Waals surface area contributed by atoms with Gasteiger partial charge in [-0.15, -0.1) is 10.2 Å². The number of rotatable bonds is 5. The molecule has 0 unspecified atom stereocenters. The van der Waals surface area contributed by atoms with Gasteiger partial charge in [0.25, 0.3) is 0 Å². The molecule has 5 nitrogen and oxygen atoms in total. The van der Waals surface area contributed by atoms with Gasteiger partial charge in [-0.2, -0.15) is 0 Å². The van der Waals surface area contributed by atoms with Crippen molar-refractivity contribution >= 4 is 51.4 Å². The lowest BCUT2D eigenvalue weighted by Gasteiger charge is -2.33. The number of nitrogens with zero attached hydrogens (tertiary/aromatic N) is 3. The highest BCUT2D eigenvalue weighted by molar-refractivity contribution is 8.01. The van der Waals surface area contributed by atoms with Crippen molar-refractivity contribution in [3.8, 4) is 0 Å². The van der Waals surface area contributed by atoms with Crippen LogP contribution < -0.4 is 5.32 Å². The van der Waals surface area contributed by atoms with E-state index >= 15 is 0 Å². The van der Waals surface area contributed by atoms with Gasteiger partial charge in [-0.3, -0.25) is 4.79 Å². The first kappa shape index (κ1) is 17.5. The van der Waals surface area contributed by atoms with Crippen LogP contribution in [0.2, 0.25) is 5.02 Å². The number of benzene rings is 1. The standard InChI is InChI=1S/C16H19ClN4OS2/c1-11-5-2-3-8-21(11)14(22)10-23-16-20-19-15(24-16)18-13-7-4-6-12(17)9-13/h4,6-7,9,11H,2-3,5,8,10H2,1H3,(H,18,19)/t11-/m0/s1. The van der Waals surface area contributed by atoms with Gasteiger partial charge in [0.05, 0.1) is 5.75 Å². The normalized spacial score (nSPS) is 17.8. The van der Waals surface area contributed by atoms with Crippen LogP contribution in [0.15, 0.2) is 28.6 Å². The number of anilines is 2. The molecular weight excluding hydrogens is 364 g/mol. The first-order valence-corrected chi connectivity index (χ1v) is 10.1. The van der Waals surface area contributed by atoms with E-state index in [2.05, 4.69) is 22.4 Å². The van der Waals surface area contributed by atoms with E-state index in [1.165, 1.54) is 29.5 Å². The number of nitrogens with one attached hydrogen (secondary N) is 1. The van der Waals surface area contributed by atoms with Crippen molar-refractivity contribution in [1.29, 1.82) is 0 Å². The molecule has 0 aliphatic carbocycles. The first-order chi connectivity index (χ1) is 11.6. The molecule has 24 heavy (non-hydrogen) atoms. The van der Waals surface area contributed by atoms with E-state index in [4.69, 9.17) is 11.6 Å². The number of halogens is 1. The monoisotopic (exact) mass is 382 g/mol. The molecule has 8 heteroatoms. The van der Waals surface area contributed by atoms with Crippen LogP contribution in [-0.4, -0.2) is 39.3 Å². The van der Waals surface area contributed by atoms with Gasteiger partial charge >= 0.3 is 0 Å². The maximum Gasteiger partial charge on any atom is 0.233 e. The van der Waals surface area contributed by atoms with E-state index in [0.717, 1.165) is 29.4 Å². The second kappa shape index (κ2) is 8.18. The minimum Gasteiger partial charge on any atom is -0.339 e. The zero-order valence-electron chi connectivity index (χ0n) is 13.4. The largest absolute Gasteiger partial charge is 0.339 e. The highest BCUT2D eigenvalue weighted by Gasteiger charge is 2.23. The average molecular weight is 383 g/mol. The summed E-state index contributed by atoms with van der Waals surface area (Å²) in [5.41, 5.74) is 0.869. The van der Waals surface area contributed by atoms with Crippen LogP contribution in [0.4, 0.5) is 10.8 Å². The van der Waals surface area contributed by atoms with Crippen molar-refractivity contribution in [3.05, 3.63) is 29.3 Å². The Morgan fingerprint density at radius 1 is 1.46 bits per heavy atom. The van der Waals surface area contributed by atoms with Crippen LogP contribution in [0.1, 0.15) is 26.2 Å². The molecule has 0 bridgehead atoms. The predicted molar refractivity (Wildman–Crippen MR) is 100 cm³/mol. The van der Waals surface area contributed by atoms with Crippen LogP contribution in [-0.2, 0) is 4.79 Å². The number of hydrogen-bond donors (Lipinski definition) is 1. The van der Waals surface area contributed by atoms with Gasteiger partial charge < -0.3 is 10.2 Å². The molecule has 2 aromatic rings. The van der Waals surface area contributed by atoms with Crippen molar-refractivity contribution in [2.45, 2.75) is 36.6 Å². The third kappa shape index (κ3) is 4.62. The third-order valence-corrected chi connectivity index (χ3v) is 6.12. The third-order valence-electron chi connectivity index (χ3n) is 3.92. The summed E-state index contributed by atoms with van der Waals surface area (Å²) in [6.45, 7) is 3.00. The lowest BCUT2D eigenvalue weighted by molar-refractivity contribution is -0.131. The minimum atomic E-state index is 0.187. The van der Waals surface area contributed by atoms with Crippen molar-refractivity contribution in [2.24, 2.45) is 0 Å². The number of carbonyl (C=O) groups is 1. The number of hydrogen-bond acceptors (Lipinski definition) is 6. The fourth-order valence-corrected chi connectivity index (χ4v) is 4.53. The fraction of sp³-hybridized carbons (Fsp3) is 0.438. The molecule has 1 N–H and O–H groups in total. The molecule has 1 fully saturated rings. The molecule has 3 rings (SSSR count). The molecular formula is C16H19ClN4OS2. The van der Waals surface area contributed by atoms with Gasteiger partial charge in [-0.1, -0.05) is 40.8 Å². The molecule has 0 radical (unpaired) electrons. The van der Waals surface area contributed by atoms with Gasteiger partial charge in [-0.25, -0.2) is 0 Å². The fourth-order valence-electron chi connectivity index (χ4n) is 2.68. The van der Waals surface area contributed by atoms with Crippen LogP contribution >= 0.6 is 34.7 Å². The summed E-state index contributed by atoms with van der Waals surface area (Å²) >= 11 is 8.85. The van der Waals surface area contributed by atoms with E-state index in [9.17, 15) is 4.79 Å². The van der Waals surface area contributed by atoms with Gasteiger partial charge in [0.2, 0.25) is 11.0 Å². The number of aromatic nitrogens is 2. The second-order valence-corrected chi connectivity index (χ2v) is 8.37. The smallest absolute Gasteiger partial charge is 0.233 e. The summed E-state index contributed by atoms with van der Waals surface area (Å²) in [4.78, 5) is 14.3. The summed E-state index contributed by atoms with van der Waals surface area (Å²) in [7, 11) is 0. The minimum absolute atomic E-state index is 0.187. The Bertz CT molecular complexity index is 709. The number of amides is 1. The Balaban J connectivity index is 1.53. The molecule has 1 aromatic heterocycles. The summed E-state index contributed by atoms with van der Waals surface area (Å²) < 4.78 is 0.789. The van der Waals surface area contributed by atoms with Crippen LogP contribution in [0, 0.1) is 0 Å². The average Bonchev–Trinajstić information content (AvgIpc) is 3.00. The molecule has 2 heterocycles. The van der Waals surface area contributed by atoms with Crippen LogP contribution in [0.3, 0.4) is 0 Å². The first-order valence-electron chi connectivity index (χ1n) is 7.90. The van der Waals surface area contributed by atoms with Crippen LogP contribution in [0.5, 0.6) is 0 Å². The number of likely N-dealkylation sites (tertiary alicyclic amines) is 1. The Hall–Kier alpha value is -1.31. The van der Waals surface area contributed by atoms with E-state index < -0.39 is 0 Å². The molecule has 0 spiro atoms. The maximum absolute atomic E-state index is 12.3. The number of thioether (sulfide) groups is 1.